The fraction of sp³-hybridized carbons (Fsp3) is 1.00. The average molecular weight is 592 g/mol. The molecule has 0 heterocycles. The van der Waals surface area contributed by atoms with E-state index in [2.05, 4.69) is 41.5 Å². The number of unbranched alkanes of at least 4 members (excludes halogenated alkanes) is 6. The van der Waals surface area contributed by atoms with E-state index in [4.69, 9.17) is 0 Å². The molecule has 0 aliphatic heterocycles. The van der Waals surface area contributed by atoms with Crippen LogP contribution in [0.5, 0.6) is 0 Å². The summed E-state index contributed by atoms with van der Waals surface area (Å²) in [6, 6.07) is 0. The second-order valence-electron chi connectivity index (χ2n) is 8.65. The predicted octanol–water partition coefficient (Wildman–Crippen LogP) is 9.77. The van der Waals surface area contributed by atoms with Crippen LogP contribution in [0.3, 0.4) is 0 Å². The molecule has 162 valence electrons. The van der Waals surface area contributed by atoms with Gasteiger partial charge in [0.2, 0.25) is 0 Å². The fourth-order valence-corrected chi connectivity index (χ4v) is 14.5. The summed E-state index contributed by atoms with van der Waals surface area (Å²) in [6.45, 7) is 13.9. The third kappa shape index (κ3) is 22.1. The predicted molar refractivity (Wildman–Crippen MR) is 132 cm³/mol. The summed E-state index contributed by atoms with van der Waals surface area (Å²) in [6.07, 6.45) is 21.7. The van der Waals surface area contributed by atoms with E-state index in [0.717, 1.165) is 3.43 Å². The zero-order chi connectivity index (χ0) is 20.8. The zero-order valence-electron chi connectivity index (χ0n) is 20.2. The molecule has 0 unspecified atom stereocenters. The van der Waals surface area contributed by atoms with Crippen LogP contribution in [0.15, 0.2) is 0 Å². The van der Waals surface area contributed by atoms with Crippen molar-refractivity contribution < 1.29 is 0 Å². The van der Waals surface area contributed by atoms with Gasteiger partial charge in [-0.15, -0.1) is 0 Å². The first-order chi connectivity index (χ1) is 13.0. The summed E-state index contributed by atoms with van der Waals surface area (Å²) >= 11 is 0.958. The first kappa shape index (κ1) is 30.8. The molecule has 2 heteroatoms. The van der Waals surface area contributed by atoms with Gasteiger partial charge in [-0.05, 0) is 0 Å². The van der Waals surface area contributed by atoms with Crippen LogP contribution in [0.25, 0.3) is 0 Å². The van der Waals surface area contributed by atoms with Crippen LogP contribution < -0.4 is 0 Å². The van der Waals surface area contributed by atoms with Gasteiger partial charge >= 0.3 is 197 Å². The van der Waals surface area contributed by atoms with E-state index >= 15 is 0 Å². The molecule has 0 aromatic carbocycles. The molecule has 0 N–H and O–H groups in total. The molecule has 0 aromatic heterocycles. The van der Waals surface area contributed by atoms with E-state index in [0.29, 0.717) is 0 Å². The molecule has 0 aliphatic carbocycles. The van der Waals surface area contributed by atoms with Gasteiger partial charge in [0.15, 0.2) is 0 Å². The molecule has 0 fully saturated rings. The van der Waals surface area contributed by atoms with Crippen molar-refractivity contribution in [2.75, 3.05) is 0 Å². The minimum absolute atomic E-state index is 0.745. The topological polar surface area (TPSA) is 0 Å². The zero-order valence-corrected chi connectivity index (χ0v) is 25.9. The number of hydrogen-bond acceptors (Lipinski definition) is 0. The molecule has 0 aliphatic rings. The Morgan fingerprint density at radius 3 is 0.963 bits per heavy atom. The van der Waals surface area contributed by atoms with Crippen LogP contribution in [-0.4, -0.2) is 42.3 Å². The summed E-state index contributed by atoms with van der Waals surface area (Å²) in [7, 11) is 0. The molecule has 0 bridgehead atoms. The first-order valence-corrected chi connectivity index (χ1v) is 20.1. The summed E-state index contributed by atoms with van der Waals surface area (Å²) in [5, 5.41) is 0. The molecule has 0 rings (SSSR count). The molecule has 27 heavy (non-hydrogen) atoms. The molecule has 0 spiro atoms. The van der Waals surface area contributed by atoms with Crippen molar-refractivity contribution in [1.29, 1.82) is 0 Å². The van der Waals surface area contributed by atoms with Gasteiger partial charge in [-0.25, -0.2) is 0 Å². The van der Waals surface area contributed by atoms with Gasteiger partial charge in [-0.1, -0.05) is 0 Å². The maximum absolute atomic E-state index is 2.33. The molecule has 0 nitrogen and oxygen atoms in total. The van der Waals surface area contributed by atoms with Crippen LogP contribution in [0.2, 0.25) is 16.7 Å². The van der Waals surface area contributed by atoms with Crippen LogP contribution in [0, 0.1) is 0 Å². The molecule has 0 aromatic rings. The fourth-order valence-electron chi connectivity index (χ4n) is 3.58. The third-order valence-corrected chi connectivity index (χ3v) is 16.9. The van der Waals surface area contributed by atoms with Crippen molar-refractivity contribution in [3.63, 3.8) is 0 Å². The van der Waals surface area contributed by atoms with Gasteiger partial charge in [0.1, 0.15) is 0 Å². The molecule has 0 amide bonds. The Kier molecular flexibility index (Phi) is 27.2. The van der Waals surface area contributed by atoms with Gasteiger partial charge < -0.3 is 0 Å². The Balaban J connectivity index is 0. The van der Waals surface area contributed by atoms with Crippen molar-refractivity contribution >= 4 is 42.3 Å². The second-order valence-corrected chi connectivity index (χ2v) is 20.2. The molecule has 0 saturated heterocycles. The quantitative estimate of drug-likeness (QED) is 0.139. The monoisotopic (exact) mass is 594 g/mol. The van der Waals surface area contributed by atoms with Crippen molar-refractivity contribution in [2.24, 2.45) is 0 Å². The van der Waals surface area contributed by atoms with Crippen molar-refractivity contribution in [3.8, 4) is 0 Å². The van der Waals surface area contributed by atoms with Crippen LogP contribution in [0.1, 0.15) is 138 Å². The average Bonchev–Trinajstić information content (AvgIpc) is 2.69. The van der Waals surface area contributed by atoms with Gasteiger partial charge in [-0.3, -0.25) is 0 Å². The molecule has 4 radical (unpaired) electrons. The summed E-state index contributed by atoms with van der Waals surface area (Å²) in [4.78, 5) is 0. The Morgan fingerprint density at radius 2 is 0.741 bits per heavy atom. The Morgan fingerprint density at radius 1 is 0.481 bits per heavy atom. The number of hydrogen-bond donors (Lipinski definition) is 0. The van der Waals surface area contributed by atoms with Crippen molar-refractivity contribution in [2.45, 2.75) is 155 Å². The second kappa shape index (κ2) is 23.9. The van der Waals surface area contributed by atoms with E-state index in [9.17, 15) is 0 Å². The van der Waals surface area contributed by atoms with E-state index in [-0.39, 0.29) is 0 Å². The first-order valence-electron chi connectivity index (χ1n) is 12.6. The standard InChI is InChI=1S/C13H27.3C4H9.2Sn/c1-4-7-10-13(11-8-5-2)12-9-6-3;3*1-3-4-2;;/h4-12H2,1-3H3;3*1,3-4H2,2H3;;. The third-order valence-electron chi connectivity index (χ3n) is 5.68. The van der Waals surface area contributed by atoms with Crippen LogP contribution in [0.4, 0.5) is 0 Å². The van der Waals surface area contributed by atoms with Crippen molar-refractivity contribution in [3.05, 3.63) is 0 Å². The Labute approximate surface area is 195 Å². The van der Waals surface area contributed by atoms with Crippen LogP contribution in [-0.2, 0) is 0 Å². The van der Waals surface area contributed by atoms with Gasteiger partial charge in [-0.2, -0.15) is 0 Å². The van der Waals surface area contributed by atoms with Crippen molar-refractivity contribution in [1.82, 2.24) is 0 Å². The Hall–Kier alpha value is 1.60. The molecular formula is C25H54Sn2. The van der Waals surface area contributed by atoms with Gasteiger partial charge in [0.25, 0.3) is 0 Å². The van der Waals surface area contributed by atoms with E-state index in [1.54, 1.807) is 35.8 Å². The van der Waals surface area contributed by atoms with E-state index < -0.39 is 19.8 Å². The van der Waals surface area contributed by atoms with Crippen LogP contribution >= 0.6 is 0 Å². The van der Waals surface area contributed by atoms with Gasteiger partial charge in [0, 0.05) is 0 Å². The molecule has 0 saturated carbocycles. The summed E-state index contributed by atoms with van der Waals surface area (Å²) in [5.41, 5.74) is 0. The SMILES string of the molecule is CCCC[C]([Sn])(CCCC)CCCC.CCC[CH2][Sn]([CH2]CCC)[CH2]CCC. The molecule has 0 atom stereocenters. The maximum atomic E-state index is 2.33. The minimum atomic E-state index is -0.839. The molecular weight excluding hydrogens is 538 g/mol. The summed E-state index contributed by atoms with van der Waals surface area (Å²) in [5.74, 6) is 0. The van der Waals surface area contributed by atoms with Gasteiger partial charge in [0.05, 0.1) is 0 Å². The normalized spacial score (nSPS) is 11.6. The van der Waals surface area contributed by atoms with E-state index in [1.165, 1.54) is 96.3 Å². The number of rotatable bonds is 18. The summed E-state index contributed by atoms with van der Waals surface area (Å²) < 4.78 is 5.78. The van der Waals surface area contributed by atoms with E-state index in [1.807, 2.05) is 0 Å². The Bertz CT molecular complexity index is 224.